The van der Waals surface area contributed by atoms with E-state index in [0.717, 1.165) is 19.3 Å². The molecular weight excluding hydrogens is 480 g/mol. The van der Waals surface area contributed by atoms with Crippen LogP contribution in [-0.2, 0) is 19.1 Å². The maximum atomic E-state index is 13.4. The molecule has 4 unspecified atom stereocenters. The maximum Gasteiger partial charge on any atom is 0.339 e. The highest BCUT2D eigenvalue weighted by atomic mass is 16.5. The number of amides is 2. The van der Waals surface area contributed by atoms with E-state index in [1.165, 1.54) is 4.90 Å². The Balaban J connectivity index is 1.34. The van der Waals surface area contributed by atoms with Crippen molar-refractivity contribution in [2.45, 2.75) is 40.0 Å². The van der Waals surface area contributed by atoms with Gasteiger partial charge in [-0.05, 0) is 55.4 Å². The van der Waals surface area contributed by atoms with E-state index >= 15 is 0 Å². The van der Waals surface area contributed by atoms with Crippen molar-refractivity contribution in [3.05, 3.63) is 60.2 Å². The summed E-state index contributed by atoms with van der Waals surface area (Å²) in [6, 6.07) is 16.1. The molecule has 194 valence electrons. The summed E-state index contributed by atoms with van der Waals surface area (Å²) in [6.45, 7) is 5.03. The minimum absolute atomic E-state index is 0.0939. The number of hydrogen-bond acceptors (Lipinski definition) is 6. The number of carbonyl (C=O) groups is 4. The summed E-state index contributed by atoms with van der Waals surface area (Å²) < 4.78 is 5.40. The number of esters is 1. The highest BCUT2D eigenvalue weighted by molar-refractivity contribution is 6.22. The Kier molecular flexibility index (Phi) is 5.70. The number of carbonyl (C=O) groups excluding carboxylic acids is 4. The van der Waals surface area contributed by atoms with Gasteiger partial charge in [0.15, 0.2) is 12.4 Å². The van der Waals surface area contributed by atoms with Gasteiger partial charge in [-0.1, -0.05) is 51.1 Å². The van der Waals surface area contributed by atoms with Gasteiger partial charge in [0, 0.05) is 16.4 Å². The lowest BCUT2D eigenvalue weighted by Crippen LogP contribution is -2.32. The van der Waals surface area contributed by atoms with Crippen LogP contribution in [0.1, 0.15) is 50.4 Å². The van der Waals surface area contributed by atoms with Crippen LogP contribution in [0.2, 0.25) is 0 Å². The Morgan fingerprint density at radius 1 is 0.947 bits per heavy atom. The van der Waals surface area contributed by atoms with Gasteiger partial charge in [0.2, 0.25) is 11.8 Å². The van der Waals surface area contributed by atoms with Gasteiger partial charge >= 0.3 is 5.97 Å². The van der Waals surface area contributed by atoms with E-state index in [9.17, 15) is 19.2 Å². The fourth-order valence-corrected chi connectivity index (χ4v) is 6.39. The molecule has 0 N–H and O–H groups in total. The highest BCUT2D eigenvalue weighted by Gasteiger charge is 2.61. The number of benzene rings is 2. The maximum absolute atomic E-state index is 13.4. The average Bonchev–Trinajstić information content (AvgIpc) is 3.59. The molecule has 0 radical (unpaired) electrons. The summed E-state index contributed by atoms with van der Waals surface area (Å²) in [4.78, 5) is 58.3. The number of anilines is 1. The lowest BCUT2D eigenvalue weighted by molar-refractivity contribution is -0.129. The monoisotopic (exact) mass is 510 g/mol. The first kappa shape index (κ1) is 24.5. The first-order valence-corrected chi connectivity index (χ1v) is 13.2. The first-order valence-electron chi connectivity index (χ1n) is 13.2. The lowest BCUT2D eigenvalue weighted by Gasteiger charge is -2.19. The van der Waals surface area contributed by atoms with Crippen LogP contribution in [0.25, 0.3) is 22.2 Å². The quantitative estimate of drug-likeness (QED) is 0.346. The molecular formula is C31H30N2O5. The third-order valence-electron chi connectivity index (χ3n) is 8.43. The van der Waals surface area contributed by atoms with E-state index in [2.05, 4.69) is 0 Å². The molecule has 4 atom stereocenters. The fraction of sp³-hybridized carbons (Fsp3) is 0.387. The minimum atomic E-state index is -0.616. The van der Waals surface area contributed by atoms with Gasteiger partial charge in [0.1, 0.15) is 0 Å². The van der Waals surface area contributed by atoms with E-state index in [1.807, 2.05) is 24.3 Å². The smallest absolute Gasteiger partial charge is 0.339 e. The third-order valence-corrected chi connectivity index (χ3v) is 8.43. The fourth-order valence-electron chi connectivity index (χ4n) is 6.39. The molecule has 38 heavy (non-hydrogen) atoms. The number of hydrogen-bond donors (Lipinski definition) is 0. The minimum Gasteiger partial charge on any atom is -0.454 e. The summed E-state index contributed by atoms with van der Waals surface area (Å²) in [5, 5.41) is 0.619. The van der Waals surface area contributed by atoms with Crippen LogP contribution in [0.4, 0.5) is 5.69 Å². The number of para-hydroxylation sites is 1. The number of pyridine rings is 1. The zero-order valence-electron chi connectivity index (χ0n) is 21.8. The van der Waals surface area contributed by atoms with Crippen molar-refractivity contribution in [1.82, 2.24) is 4.98 Å². The largest absolute Gasteiger partial charge is 0.454 e. The molecule has 2 aliphatic carbocycles. The third kappa shape index (κ3) is 3.92. The van der Waals surface area contributed by atoms with Gasteiger partial charge in [-0.25, -0.2) is 9.78 Å². The molecule has 3 aliphatic rings. The highest BCUT2D eigenvalue weighted by Crippen LogP contribution is 2.56. The molecule has 1 aliphatic heterocycles. The predicted molar refractivity (Wildman–Crippen MR) is 142 cm³/mol. The van der Waals surface area contributed by atoms with E-state index in [-0.39, 0.29) is 36.0 Å². The van der Waals surface area contributed by atoms with Crippen LogP contribution in [0.5, 0.6) is 0 Å². The summed E-state index contributed by atoms with van der Waals surface area (Å²) >= 11 is 0. The Bertz CT molecular complexity index is 1480. The second-order valence-electron chi connectivity index (χ2n) is 11.8. The molecule has 2 saturated carbocycles. The number of fused-ring (bicyclic) bond motifs is 6. The van der Waals surface area contributed by atoms with Crippen molar-refractivity contribution >= 4 is 40.2 Å². The Morgan fingerprint density at radius 2 is 1.63 bits per heavy atom. The normalized spacial score (nSPS) is 24.2. The Morgan fingerprint density at radius 3 is 2.32 bits per heavy atom. The molecule has 3 aromatic rings. The summed E-state index contributed by atoms with van der Waals surface area (Å²) in [5.74, 6) is -0.720. The van der Waals surface area contributed by atoms with Crippen molar-refractivity contribution in [1.29, 1.82) is 0 Å². The molecule has 7 heteroatoms. The second-order valence-corrected chi connectivity index (χ2v) is 11.8. The average molecular weight is 511 g/mol. The molecule has 2 heterocycles. The van der Waals surface area contributed by atoms with Crippen LogP contribution in [0.15, 0.2) is 54.6 Å². The standard InChI is InChI=1S/C31H30N2O5/c1-31(2,3)25(34)16-38-30(37)22-15-24(32-23-10-5-4-9-21(22)23)17-7-6-8-20(14-17)33-28(35)26-18-11-12-19(13-18)27(26)29(33)36/h4-10,14-15,18-19,26-27H,11-13,16H2,1-3H3. The molecule has 2 bridgehead atoms. The molecule has 0 spiro atoms. The number of Topliss-reactive ketones (excluding diaryl/α,β-unsaturated/α-hetero) is 1. The summed E-state index contributed by atoms with van der Waals surface area (Å²) in [5.41, 5.74) is 2.00. The zero-order valence-corrected chi connectivity index (χ0v) is 21.8. The SMILES string of the molecule is CC(C)(C)C(=O)COC(=O)c1cc(-c2cccc(N3C(=O)C4C5CCC(C5)C4C3=O)c2)nc2ccccc12. The Hall–Kier alpha value is -3.87. The van der Waals surface area contributed by atoms with Gasteiger partial charge in [0.25, 0.3) is 0 Å². The number of aromatic nitrogens is 1. The van der Waals surface area contributed by atoms with Gasteiger partial charge < -0.3 is 4.74 Å². The van der Waals surface area contributed by atoms with E-state index in [0.29, 0.717) is 45.2 Å². The summed E-state index contributed by atoms with van der Waals surface area (Å²) in [6.07, 6.45) is 3.04. The van der Waals surface area contributed by atoms with Gasteiger partial charge in [-0.2, -0.15) is 0 Å². The molecule has 2 amide bonds. The topological polar surface area (TPSA) is 93.6 Å². The van der Waals surface area contributed by atoms with E-state index in [4.69, 9.17) is 9.72 Å². The lowest BCUT2D eigenvalue weighted by atomic mass is 9.81. The Labute approximate surface area is 221 Å². The van der Waals surface area contributed by atoms with Crippen LogP contribution in [-0.4, -0.2) is 35.2 Å². The van der Waals surface area contributed by atoms with Crippen molar-refractivity contribution in [3.8, 4) is 11.3 Å². The molecule has 3 fully saturated rings. The van der Waals surface area contributed by atoms with Crippen LogP contribution < -0.4 is 4.90 Å². The number of rotatable bonds is 5. The van der Waals surface area contributed by atoms with Gasteiger partial charge in [-0.3, -0.25) is 19.3 Å². The number of ether oxygens (including phenoxy) is 1. The molecule has 2 aromatic carbocycles. The molecule has 1 saturated heterocycles. The van der Waals surface area contributed by atoms with Crippen molar-refractivity contribution in [3.63, 3.8) is 0 Å². The molecule has 1 aromatic heterocycles. The second kappa shape index (κ2) is 8.86. The van der Waals surface area contributed by atoms with Gasteiger partial charge in [0.05, 0.1) is 34.3 Å². The zero-order chi connectivity index (χ0) is 26.8. The van der Waals surface area contributed by atoms with E-state index < -0.39 is 11.4 Å². The van der Waals surface area contributed by atoms with E-state index in [1.54, 1.807) is 51.1 Å². The van der Waals surface area contributed by atoms with Crippen molar-refractivity contribution in [2.24, 2.45) is 29.1 Å². The van der Waals surface area contributed by atoms with Crippen molar-refractivity contribution < 1.29 is 23.9 Å². The van der Waals surface area contributed by atoms with Crippen LogP contribution in [0, 0.1) is 29.1 Å². The van der Waals surface area contributed by atoms with Crippen LogP contribution in [0.3, 0.4) is 0 Å². The predicted octanol–water partition coefficient (Wildman–Crippen LogP) is 5.21. The van der Waals surface area contributed by atoms with Gasteiger partial charge in [-0.15, -0.1) is 0 Å². The molecule has 7 nitrogen and oxygen atoms in total. The van der Waals surface area contributed by atoms with Crippen molar-refractivity contribution in [2.75, 3.05) is 11.5 Å². The first-order chi connectivity index (χ1) is 18.1. The number of nitrogens with zero attached hydrogens (tertiary/aromatic N) is 2. The summed E-state index contributed by atoms with van der Waals surface area (Å²) in [7, 11) is 0. The molecule has 6 rings (SSSR count). The number of imide groups is 1. The van der Waals surface area contributed by atoms with Crippen LogP contribution >= 0.6 is 0 Å². The number of ketones is 1.